The molecule has 0 spiro atoms. The van der Waals surface area contributed by atoms with Gasteiger partial charge in [-0.05, 0) is 67.1 Å². The van der Waals surface area contributed by atoms with Gasteiger partial charge in [0.15, 0.2) is 0 Å². The standard InChI is InChI=1S/C21H29NO/c1-4-7-21(23)10-5-8-19-16-20(12-11-17(19)2)18-9-6-14-22(3)15-13-18/h9,11-13,15-16H,4-8,10,14H2,1-3H3. The Kier molecular flexibility index (Phi) is 6.64. The van der Waals surface area contributed by atoms with Gasteiger partial charge in [0.2, 0.25) is 0 Å². The Balaban J connectivity index is 2.05. The summed E-state index contributed by atoms with van der Waals surface area (Å²) in [5, 5.41) is 0. The van der Waals surface area contributed by atoms with Gasteiger partial charge in [-0.3, -0.25) is 4.79 Å². The molecule has 0 bridgehead atoms. The van der Waals surface area contributed by atoms with E-state index in [1.165, 1.54) is 22.3 Å². The van der Waals surface area contributed by atoms with Gasteiger partial charge in [-0.1, -0.05) is 31.2 Å². The lowest BCUT2D eigenvalue weighted by atomic mass is 9.95. The monoisotopic (exact) mass is 311 g/mol. The molecule has 1 aliphatic heterocycles. The zero-order valence-corrected chi connectivity index (χ0v) is 14.8. The van der Waals surface area contributed by atoms with Crippen molar-refractivity contribution < 1.29 is 4.79 Å². The second kappa shape index (κ2) is 8.71. The second-order valence-electron chi connectivity index (χ2n) is 6.53. The summed E-state index contributed by atoms with van der Waals surface area (Å²) < 4.78 is 0. The highest BCUT2D eigenvalue weighted by Gasteiger charge is 2.07. The second-order valence-corrected chi connectivity index (χ2v) is 6.53. The molecule has 0 atom stereocenters. The zero-order valence-electron chi connectivity index (χ0n) is 14.8. The van der Waals surface area contributed by atoms with Crippen molar-refractivity contribution in [3.63, 3.8) is 0 Å². The first-order valence-electron chi connectivity index (χ1n) is 8.80. The lowest BCUT2D eigenvalue weighted by molar-refractivity contribution is -0.119. The van der Waals surface area contributed by atoms with E-state index in [9.17, 15) is 4.79 Å². The quantitative estimate of drug-likeness (QED) is 0.712. The number of hydrogen-bond acceptors (Lipinski definition) is 2. The van der Waals surface area contributed by atoms with Crippen LogP contribution < -0.4 is 0 Å². The molecule has 0 radical (unpaired) electrons. The fraction of sp³-hybridized carbons (Fsp3) is 0.476. The first kappa shape index (κ1) is 17.5. The molecule has 1 aromatic rings. The Labute approximate surface area is 140 Å². The van der Waals surface area contributed by atoms with Crippen molar-refractivity contribution in [1.29, 1.82) is 0 Å². The predicted molar refractivity (Wildman–Crippen MR) is 98.4 cm³/mol. The lowest BCUT2D eigenvalue weighted by Crippen LogP contribution is -2.09. The van der Waals surface area contributed by atoms with Gasteiger partial charge >= 0.3 is 0 Å². The first-order valence-corrected chi connectivity index (χ1v) is 8.80. The molecule has 2 rings (SSSR count). The molecule has 1 aromatic carbocycles. The van der Waals surface area contributed by atoms with Gasteiger partial charge in [-0.25, -0.2) is 0 Å². The normalized spacial score (nSPS) is 14.6. The van der Waals surface area contributed by atoms with Crippen LogP contribution in [0.5, 0.6) is 0 Å². The number of Topliss-reactive ketones (excluding diaryl/α,β-unsaturated/α-hetero) is 1. The van der Waals surface area contributed by atoms with Crippen LogP contribution in [-0.2, 0) is 11.2 Å². The zero-order chi connectivity index (χ0) is 16.7. The van der Waals surface area contributed by atoms with Gasteiger partial charge in [0, 0.05) is 26.4 Å². The van der Waals surface area contributed by atoms with Gasteiger partial charge in [-0.15, -0.1) is 0 Å². The van der Waals surface area contributed by atoms with Crippen LogP contribution >= 0.6 is 0 Å². The number of nitrogens with zero attached hydrogens (tertiary/aromatic N) is 1. The SMILES string of the molecule is CCCC(=O)CCCc1cc(C2=CCCN(C)C=C2)ccc1C. The van der Waals surface area contributed by atoms with Crippen LogP contribution in [0, 0.1) is 6.92 Å². The van der Waals surface area contributed by atoms with Gasteiger partial charge in [0.05, 0.1) is 0 Å². The van der Waals surface area contributed by atoms with Crippen LogP contribution in [0.1, 0.15) is 55.7 Å². The molecular formula is C21H29NO. The van der Waals surface area contributed by atoms with Crippen molar-refractivity contribution in [3.8, 4) is 0 Å². The first-order chi connectivity index (χ1) is 11.1. The molecule has 1 aliphatic rings. The number of rotatable bonds is 7. The van der Waals surface area contributed by atoms with Crippen molar-refractivity contribution in [1.82, 2.24) is 4.90 Å². The molecule has 0 unspecified atom stereocenters. The minimum Gasteiger partial charge on any atom is -0.380 e. The third-order valence-corrected chi connectivity index (χ3v) is 4.47. The summed E-state index contributed by atoms with van der Waals surface area (Å²) in [4.78, 5) is 13.9. The largest absolute Gasteiger partial charge is 0.380 e. The Bertz CT molecular complexity index is 598. The average molecular weight is 311 g/mol. The molecule has 124 valence electrons. The van der Waals surface area contributed by atoms with E-state index in [2.05, 4.69) is 62.3 Å². The van der Waals surface area contributed by atoms with E-state index < -0.39 is 0 Å². The topological polar surface area (TPSA) is 20.3 Å². The van der Waals surface area contributed by atoms with Crippen LogP contribution in [0.3, 0.4) is 0 Å². The van der Waals surface area contributed by atoms with Crippen molar-refractivity contribution in [2.24, 2.45) is 0 Å². The van der Waals surface area contributed by atoms with Crippen LogP contribution in [0.4, 0.5) is 0 Å². The number of carbonyl (C=O) groups excluding carboxylic acids is 1. The number of ketones is 1. The molecular weight excluding hydrogens is 282 g/mol. The summed E-state index contributed by atoms with van der Waals surface area (Å²) in [5.41, 5.74) is 5.29. The average Bonchev–Trinajstić information content (AvgIpc) is 2.74. The Morgan fingerprint density at radius 1 is 1.26 bits per heavy atom. The summed E-state index contributed by atoms with van der Waals surface area (Å²) in [6, 6.07) is 6.73. The number of hydrogen-bond donors (Lipinski definition) is 0. The van der Waals surface area contributed by atoms with E-state index in [1.807, 2.05) is 0 Å². The van der Waals surface area contributed by atoms with E-state index in [0.717, 1.165) is 38.6 Å². The number of allylic oxidation sites excluding steroid dienone is 2. The van der Waals surface area contributed by atoms with Crippen LogP contribution in [0.15, 0.2) is 36.6 Å². The molecule has 0 aromatic heterocycles. The lowest BCUT2D eigenvalue weighted by Gasteiger charge is -2.10. The summed E-state index contributed by atoms with van der Waals surface area (Å²) in [7, 11) is 2.11. The molecule has 0 saturated heterocycles. The minimum absolute atomic E-state index is 0.402. The molecule has 23 heavy (non-hydrogen) atoms. The van der Waals surface area contributed by atoms with Crippen LogP contribution in [0.25, 0.3) is 5.57 Å². The third-order valence-electron chi connectivity index (χ3n) is 4.47. The summed E-state index contributed by atoms with van der Waals surface area (Å²) >= 11 is 0. The highest BCUT2D eigenvalue weighted by atomic mass is 16.1. The molecule has 0 aliphatic carbocycles. The third kappa shape index (κ3) is 5.38. The van der Waals surface area contributed by atoms with Crippen molar-refractivity contribution in [3.05, 3.63) is 53.2 Å². The van der Waals surface area contributed by atoms with Crippen molar-refractivity contribution >= 4 is 11.4 Å². The van der Waals surface area contributed by atoms with E-state index in [-0.39, 0.29) is 0 Å². The Hall–Kier alpha value is -1.83. The summed E-state index contributed by atoms with van der Waals surface area (Å²) in [5.74, 6) is 0.402. The fourth-order valence-electron chi connectivity index (χ4n) is 2.99. The molecule has 0 amide bonds. The predicted octanol–water partition coefficient (Wildman–Crippen LogP) is 4.92. The smallest absolute Gasteiger partial charge is 0.132 e. The van der Waals surface area contributed by atoms with E-state index in [1.54, 1.807) is 0 Å². The maximum atomic E-state index is 11.7. The van der Waals surface area contributed by atoms with E-state index in [0.29, 0.717) is 12.2 Å². The highest BCUT2D eigenvalue weighted by molar-refractivity contribution is 5.78. The molecule has 1 heterocycles. The van der Waals surface area contributed by atoms with Crippen molar-refractivity contribution in [2.75, 3.05) is 13.6 Å². The molecule has 0 saturated carbocycles. The van der Waals surface area contributed by atoms with Crippen LogP contribution in [0.2, 0.25) is 0 Å². The molecule has 0 N–H and O–H groups in total. The highest BCUT2D eigenvalue weighted by Crippen LogP contribution is 2.23. The van der Waals surface area contributed by atoms with Gasteiger partial charge in [0.25, 0.3) is 0 Å². The van der Waals surface area contributed by atoms with Gasteiger partial charge in [0.1, 0.15) is 5.78 Å². The van der Waals surface area contributed by atoms with Crippen molar-refractivity contribution in [2.45, 2.75) is 52.4 Å². The number of aryl methyl sites for hydroxylation is 2. The summed E-state index contributed by atoms with van der Waals surface area (Å²) in [6.07, 6.45) is 12.1. The van der Waals surface area contributed by atoms with E-state index in [4.69, 9.17) is 0 Å². The Morgan fingerprint density at radius 2 is 2.09 bits per heavy atom. The summed E-state index contributed by atoms with van der Waals surface area (Å²) in [6.45, 7) is 5.30. The molecule has 2 heteroatoms. The molecule has 0 fully saturated rings. The minimum atomic E-state index is 0.402. The van der Waals surface area contributed by atoms with Gasteiger partial charge in [-0.2, -0.15) is 0 Å². The van der Waals surface area contributed by atoms with E-state index >= 15 is 0 Å². The number of carbonyl (C=O) groups is 1. The maximum Gasteiger partial charge on any atom is 0.132 e. The fourth-order valence-corrected chi connectivity index (χ4v) is 2.99. The van der Waals surface area contributed by atoms with Crippen LogP contribution in [-0.4, -0.2) is 24.3 Å². The maximum absolute atomic E-state index is 11.7. The van der Waals surface area contributed by atoms with Gasteiger partial charge < -0.3 is 4.90 Å². The Morgan fingerprint density at radius 3 is 2.87 bits per heavy atom. The molecule has 2 nitrogen and oxygen atoms in total. The number of benzene rings is 1.